The molecule has 0 unspecified atom stereocenters. The summed E-state index contributed by atoms with van der Waals surface area (Å²) in [5.41, 5.74) is -0.960. The number of hydrogen-bond donors (Lipinski definition) is 0. The van der Waals surface area contributed by atoms with Gasteiger partial charge in [0.1, 0.15) is 17.5 Å². The van der Waals surface area contributed by atoms with Gasteiger partial charge in [-0.3, -0.25) is 0 Å². The third kappa shape index (κ3) is 3.91. The van der Waals surface area contributed by atoms with Crippen molar-refractivity contribution >= 4 is 23.2 Å². The first kappa shape index (κ1) is 17.6. The van der Waals surface area contributed by atoms with E-state index in [9.17, 15) is 17.6 Å². The standard InChI is InChI=1S/C15H8Cl2F4N4/c16-9-4-22-13(23-5-9)7-25-6-12(15(19,20)21)24-14(25)8-1-2-10(17)11(18)3-8/h1-6H,7H2. The Balaban J connectivity index is 2.07. The topological polar surface area (TPSA) is 43.6 Å². The predicted molar refractivity (Wildman–Crippen MR) is 83.8 cm³/mol. The molecule has 0 amide bonds. The first-order chi connectivity index (χ1) is 11.7. The number of hydrogen-bond acceptors (Lipinski definition) is 3. The minimum atomic E-state index is -4.65. The van der Waals surface area contributed by atoms with Crippen molar-refractivity contribution in [2.45, 2.75) is 12.7 Å². The number of aromatic nitrogens is 4. The van der Waals surface area contributed by atoms with E-state index in [1.807, 2.05) is 0 Å². The summed E-state index contributed by atoms with van der Waals surface area (Å²) in [7, 11) is 0. The molecule has 0 bridgehead atoms. The molecule has 2 heterocycles. The molecule has 0 spiro atoms. The number of alkyl halides is 3. The van der Waals surface area contributed by atoms with Crippen molar-refractivity contribution < 1.29 is 17.6 Å². The van der Waals surface area contributed by atoms with Gasteiger partial charge >= 0.3 is 6.18 Å². The van der Waals surface area contributed by atoms with Crippen molar-refractivity contribution in [1.29, 1.82) is 0 Å². The van der Waals surface area contributed by atoms with E-state index < -0.39 is 17.7 Å². The quantitative estimate of drug-likeness (QED) is 0.600. The second-order valence-electron chi connectivity index (χ2n) is 5.02. The molecular formula is C15H8Cl2F4N4. The molecule has 3 rings (SSSR count). The van der Waals surface area contributed by atoms with Gasteiger partial charge in [0, 0.05) is 24.2 Å². The van der Waals surface area contributed by atoms with Gasteiger partial charge in [-0.15, -0.1) is 0 Å². The highest BCUT2D eigenvalue weighted by Crippen LogP contribution is 2.32. The lowest BCUT2D eigenvalue weighted by Crippen LogP contribution is -2.06. The van der Waals surface area contributed by atoms with E-state index in [4.69, 9.17) is 23.2 Å². The number of imidazole rings is 1. The van der Waals surface area contributed by atoms with Gasteiger partial charge in [0.15, 0.2) is 5.69 Å². The van der Waals surface area contributed by atoms with E-state index in [0.717, 1.165) is 12.3 Å². The Labute approximate surface area is 149 Å². The zero-order chi connectivity index (χ0) is 18.2. The van der Waals surface area contributed by atoms with Crippen LogP contribution in [0.1, 0.15) is 11.5 Å². The van der Waals surface area contributed by atoms with E-state index in [1.54, 1.807) is 0 Å². The molecule has 0 aliphatic carbocycles. The smallest absolute Gasteiger partial charge is 0.323 e. The van der Waals surface area contributed by atoms with Gasteiger partial charge in [-0.1, -0.05) is 23.2 Å². The number of nitrogens with zero attached hydrogens (tertiary/aromatic N) is 4. The van der Waals surface area contributed by atoms with Crippen LogP contribution in [-0.4, -0.2) is 19.5 Å². The predicted octanol–water partition coefficient (Wildman–Crippen LogP) is 4.85. The first-order valence-corrected chi connectivity index (χ1v) is 7.56. The third-order valence-electron chi connectivity index (χ3n) is 3.23. The summed E-state index contributed by atoms with van der Waals surface area (Å²) in [4.78, 5) is 11.5. The summed E-state index contributed by atoms with van der Waals surface area (Å²) in [5, 5.41) is 0.157. The molecule has 130 valence electrons. The van der Waals surface area contributed by atoms with Gasteiger partial charge < -0.3 is 4.57 Å². The molecule has 0 aliphatic heterocycles. The van der Waals surface area contributed by atoms with Gasteiger partial charge in [-0.05, 0) is 18.2 Å². The van der Waals surface area contributed by atoms with Crippen molar-refractivity contribution in [3.8, 4) is 11.4 Å². The van der Waals surface area contributed by atoms with Gasteiger partial charge in [0.2, 0.25) is 0 Å². The minimum Gasteiger partial charge on any atom is -0.323 e. The first-order valence-electron chi connectivity index (χ1n) is 6.80. The molecule has 4 nitrogen and oxygen atoms in total. The van der Waals surface area contributed by atoms with Crippen molar-refractivity contribution in [1.82, 2.24) is 19.5 Å². The molecule has 2 aromatic heterocycles. The Hall–Kier alpha value is -2.19. The summed E-state index contributed by atoms with van der Waals surface area (Å²) in [6, 6.07) is 3.65. The average Bonchev–Trinajstić information content (AvgIpc) is 2.96. The van der Waals surface area contributed by atoms with Crippen molar-refractivity contribution in [2.75, 3.05) is 0 Å². The van der Waals surface area contributed by atoms with Crippen molar-refractivity contribution in [2.24, 2.45) is 0 Å². The SMILES string of the molecule is Fc1cc(-c2nc(C(F)(F)F)cn2Cc2ncc(Cl)cn2)ccc1Cl. The van der Waals surface area contributed by atoms with E-state index in [-0.39, 0.29) is 28.8 Å². The highest BCUT2D eigenvalue weighted by molar-refractivity contribution is 6.30. The third-order valence-corrected chi connectivity index (χ3v) is 3.73. The second-order valence-corrected chi connectivity index (χ2v) is 5.87. The molecular weight excluding hydrogens is 383 g/mol. The highest BCUT2D eigenvalue weighted by Gasteiger charge is 2.35. The normalized spacial score (nSPS) is 11.8. The van der Waals surface area contributed by atoms with E-state index in [0.29, 0.717) is 5.02 Å². The number of benzene rings is 1. The van der Waals surface area contributed by atoms with E-state index in [1.165, 1.54) is 29.1 Å². The fraction of sp³-hybridized carbons (Fsp3) is 0.133. The van der Waals surface area contributed by atoms with Crippen LogP contribution in [0.3, 0.4) is 0 Å². The van der Waals surface area contributed by atoms with Crippen LogP contribution in [0.25, 0.3) is 11.4 Å². The van der Waals surface area contributed by atoms with E-state index >= 15 is 0 Å². The molecule has 1 aromatic carbocycles. The zero-order valence-corrected chi connectivity index (χ0v) is 13.7. The summed E-state index contributed by atoms with van der Waals surface area (Å²) in [6.45, 7) is -0.0974. The largest absolute Gasteiger partial charge is 0.434 e. The zero-order valence-electron chi connectivity index (χ0n) is 12.2. The van der Waals surface area contributed by atoms with E-state index in [2.05, 4.69) is 15.0 Å². The Morgan fingerprint density at radius 3 is 2.36 bits per heavy atom. The van der Waals surface area contributed by atoms with Crippen LogP contribution in [0.2, 0.25) is 10.0 Å². The molecule has 25 heavy (non-hydrogen) atoms. The lowest BCUT2D eigenvalue weighted by Gasteiger charge is -2.07. The maximum absolute atomic E-state index is 13.7. The van der Waals surface area contributed by atoms with Crippen LogP contribution in [-0.2, 0) is 12.7 Å². The van der Waals surface area contributed by atoms with Crippen LogP contribution < -0.4 is 0 Å². The maximum atomic E-state index is 13.7. The van der Waals surface area contributed by atoms with Crippen molar-refractivity contribution in [3.63, 3.8) is 0 Å². The van der Waals surface area contributed by atoms with Gasteiger partial charge in [-0.25, -0.2) is 19.3 Å². The molecule has 0 N–H and O–H groups in total. The fourth-order valence-corrected chi connectivity index (χ4v) is 2.33. The number of rotatable bonds is 3. The Morgan fingerprint density at radius 2 is 1.76 bits per heavy atom. The minimum absolute atomic E-state index is 0.0820. The molecule has 0 saturated heterocycles. The van der Waals surface area contributed by atoms with Crippen LogP contribution in [0, 0.1) is 5.82 Å². The summed E-state index contributed by atoms with van der Waals surface area (Å²) in [6.07, 6.45) is -1.17. The molecule has 3 aromatic rings. The van der Waals surface area contributed by atoms with Gasteiger partial charge in [-0.2, -0.15) is 13.2 Å². The monoisotopic (exact) mass is 390 g/mol. The maximum Gasteiger partial charge on any atom is 0.434 e. The van der Waals surface area contributed by atoms with Crippen LogP contribution in [0.5, 0.6) is 0 Å². The molecule has 0 aliphatic rings. The van der Waals surface area contributed by atoms with Crippen LogP contribution in [0.4, 0.5) is 17.6 Å². The Kier molecular flexibility index (Phi) is 4.66. The van der Waals surface area contributed by atoms with Gasteiger partial charge in [0.05, 0.1) is 16.6 Å². The summed E-state index contributed by atoms with van der Waals surface area (Å²) in [5.74, 6) is -0.613. The molecule has 0 atom stereocenters. The molecule has 10 heteroatoms. The average molecular weight is 391 g/mol. The molecule has 0 saturated carbocycles. The molecule has 0 fully saturated rings. The number of halogens is 6. The highest BCUT2D eigenvalue weighted by atomic mass is 35.5. The summed E-state index contributed by atoms with van der Waals surface area (Å²) < 4.78 is 53.9. The second kappa shape index (κ2) is 6.61. The summed E-state index contributed by atoms with van der Waals surface area (Å²) >= 11 is 11.3. The fourth-order valence-electron chi connectivity index (χ4n) is 2.11. The molecule has 0 radical (unpaired) electrons. The van der Waals surface area contributed by atoms with Crippen molar-refractivity contribution in [3.05, 3.63) is 64.2 Å². The van der Waals surface area contributed by atoms with Crippen LogP contribution >= 0.6 is 23.2 Å². The Bertz CT molecular complexity index is 907. The van der Waals surface area contributed by atoms with Crippen LogP contribution in [0.15, 0.2) is 36.8 Å². The lowest BCUT2D eigenvalue weighted by molar-refractivity contribution is -0.140. The lowest BCUT2D eigenvalue weighted by atomic mass is 10.2. The Morgan fingerprint density at radius 1 is 1.08 bits per heavy atom. The van der Waals surface area contributed by atoms with Gasteiger partial charge in [0.25, 0.3) is 0 Å².